The first-order chi connectivity index (χ1) is 18.7. The van der Waals surface area contributed by atoms with E-state index in [1.165, 1.54) is 22.2 Å². The van der Waals surface area contributed by atoms with Crippen LogP contribution in [0.25, 0.3) is 6.08 Å². The van der Waals surface area contributed by atoms with Crippen LogP contribution in [0, 0.1) is 13.8 Å². The Kier molecular flexibility index (Phi) is 9.32. The highest BCUT2D eigenvalue weighted by Crippen LogP contribution is 2.40. The SMILES string of the molecule is CCOc1cc(/C=C2\SC(=S)N(c3ccc(C)c(C)c3)C2=O)cc(Cl)c1OCC(=O)Nc1ccc(CC)cc1. The van der Waals surface area contributed by atoms with Crippen molar-refractivity contribution in [2.45, 2.75) is 34.1 Å². The van der Waals surface area contributed by atoms with E-state index < -0.39 is 0 Å². The highest BCUT2D eigenvalue weighted by atomic mass is 35.5. The summed E-state index contributed by atoms with van der Waals surface area (Å²) in [4.78, 5) is 27.8. The molecule has 0 aliphatic carbocycles. The number of aryl methyl sites for hydroxylation is 3. The first-order valence-corrected chi connectivity index (χ1v) is 14.1. The average molecular weight is 581 g/mol. The molecule has 4 rings (SSSR count). The molecule has 6 nitrogen and oxygen atoms in total. The fraction of sp³-hybridized carbons (Fsp3) is 0.233. The molecule has 2 amide bonds. The maximum atomic E-state index is 13.3. The smallest absolute Gasteiger partial charge is 0.270 e. The Bertz CT molecular complexity index is 1450. The van der Waals surface area contributed by atoms with E-state index in [4.69, 9.17) is 33.3 Å². The number of carbonyl (C=O) groups is 2. The molecule has 1 aliphatic rings. The molecule has 9 heteroatoms. The van der Waals surface area contributed by atoms with Crippen LogP contribution in [0.1, 0.15) is 36.1 Å². The Morgan fingerprint density at radius 2 is 1.79 bits per heavy atom. The number of ether oxygens (including phenoxy) is 2. The number of rotatable bonds is 9. The number of thioether (sulfide) groups is 1. The maximum Gasteiger partial charge on any atom is 0.270 e. The van der Waals surface area contributed by atoms with E-state index in [0.29, 0.717) is 32.8 Å². The van der Waals surface area contributed by atoms with Crippen LogP contribution in [0.15, 0.2) is 59.5 Å². The number of hydrogen-bond donors (Lipinski definition) is 1. The fourth-order valence-electron chi connectivity index (χ4n) is 3.94. The van der Waals surface area contributed by atoms with E-state index >= 15 is 0 Å². The van der Waals surface area contributed by atoms with Gasteiger partial charge in [-0.05, 0) is 91.9 Å². The zero-order chi connectivity index (χ0) is 28.1. The predicted molar refractivity (Wildman–Crippen MR) is 164 cm³/mol. The van der Waals surface area contributed by atoms with Crippen molar-refractivity contribution in [3.05, 3.63) is 86.8 Å². The fourth-order valence-corrected chi connectivity index (χ4v) is 5.51. The van der Waals surface area contributed by atoms with Gasteiger partial charge in [0, 0.05) is 5.69 Å². The molecule has 0 spiro atoms. The van der Waals surface area contributed by atoms with Crippen LogP contribution in [-0.2, 0) is 16.0 Å². The van der Waals surface area contributed by atoms with Gasteiger partial charge >= 0.3 is 0 Å². The molecule has 0 unspecified atom stereocenters. The Morgan fingerprint density at radius 1 is 1.05 bits per heavy atom. The largest absolute Gasteiger partial charge is 0.490 e. The summed E-state index contributed by atoms with van der Waals surface area (Å²) < 4.78 is 12.0. The Hall–Kier alpha value is -3.33. The van der Waals surface area contributed by atoms with Crippen molar-refractivity contribution in [2.75, 3.05) is 23.4 Å². The molecule has 1 N–H and O–H groups in total. The molecule has 0 radical (unpaired) electrons. The van der Waals surface area contributed by atoms with E-state index in [2.05, 4.69) is 12.2 Å². The van der Waals surface area contributed by atoms with Gasteiger partial charge in [0.2, 0.25) is 0 Å². The van der Waals surface area contributed by atoms with Crippen molar-refractivity contribution in [1.82, 2.24) is 0 Å². The van der Waals surface area contributed by atoms with E-state index in [0.717, 1.165) is 23.2 Å². The van der Waals surface area contributed by atoms with Gasteiger partial charge in [0.05, 0.1) is 22.2 Å². The van der Waals surface area contributed by atoms with E-state index in [9.17, 15) is 9.59 Å². The standard InChI is InChI=1S/C30H29ClN2O4S2/c1-5-20-8-10-22(11-9-20)32-27(34)17-37-28-24(31)14-21(15-25(28)36-6-2)16-26-29(35)33(30(38)39-26)23-12-7-18(3)19(4)13-23/h7-16H,5-6,17H2,1-4H3,(H,32,34)/b26-16-. The summed E-state index contributed by atoms with van der Waals surface area (Å²) in [6, 6.07) is 16.9. The van der Waals surface area contributed by atoms with Gasteiger partial charge in [-0.3, -0.25) is 14.5 Å². The van der Waals surface area contributed by atoms with Gasteiger partial charge in [0.25, 0.3) is 11.8 Å². The predicted octanol–water partition coefficient (Wildman–Crippen LogP) is 7.34. The van der Waals surface area contributed by atoms with Crippen LogP contribution in [0.3, 0.4) is 0 Å². The van der Waals surface area contributed by atoms with Crippen LogP contribution in [-0.4, -0.2) is 29.3 Å². The number of hydrogen-bond acceptors (Lipinski definition) is 6. The molecule has 202 valence electrons. The second-order valence-electron chi connectivity index (χ2n) is 8.94. The van der Waals surface area contributed by atoms with Crippen LogP contribution < -0.4 is 19.7 Å². The van der Waals surface area contributed by atoms with Crippen molar-refractivity contribution in [3.8, 4) is 11.5 Å². The lowest BCUT2D eigenvalue weighted by Gasteiger charge is -2.16. The third kappa shape index (κ3) is 6.82. The van der Waals surface area contributed by atoms with E-state index in [-0.39, 0.29) is 29.2 Å². The molecule has 1 aliphatic heterocycles. The van der Waals surface area contributed by atoms with Gasteiger partial charge in [-0.2, -0.15) is 0 Å². The third-order valence-corrected chi connectivity index (χ3v) is 7.75. The monoisotopic (exact) mass is 580 g/mol. The van der Waals surface area contributed by atoms with Gasteiger partial charge < -0.3 is 14.8 Å². The van der Waals surface area contributed by atoms with E-state index in [1.807, 2.05) is 63.2 Å². The molecule has 39 heavy (non-hydrogen) atoms. The number of carbonyl (C=O) groups excluding carboxylic acids is 2. The van der Waals surface area contributed by atoms with Gasteiger partial charge in [-0.1, -0.05) is 60.7 Å². The highest BCUT2D eigenvalue weighted by Gasteiger charge is 2.33. The van der Waals surface area contributed by atoms with Crippen molar-refractivity contribution in [1.29, 1.82) is 0 Å². The molecule has 1 saturated heterocycles. The van der Waals surface area contributed by atoms with Crippen molar-refractivity contribution in [2.24, 2.45) is 0 Å². The summed E-state index contributed by atoms with van der Waals surface area (Å²) in [6.45, 7) is 8.05. The van der Waals surface area contributed by atoms with Gasteiger partial charge in [0.1, 0.15) is 0 Å². The van der Waals surface area contributed by atoms with Crippen molar-refractivity contribution < 1.29 is 19.1 Å². The van der Waals surface area contributed by atoms with E-state index in [1.54, 1.807) is 18.2 Å². The molecule has 0 aromatic heterocycles. The normalized spacial score (nSPS) is 14.2. The first kappa shape index (κ1) is 28.7. The van der Waals surface area contributed by atoms with Crippen LogP contribution in [0.4, 0.5) is 11.4 Å². The lowest BCUT2D eigenvalue weighted by molar-refractivity contribution is -0.118. The zero-order valence-corrected chi connectivity index (χ0v) is 24.6. The molecule has 1 fully saturated rings. The zero-order valence-electron chi connectivity index (χ0n) is 22.2. The molecule has 0 saturated carbocycles. The third-order valence-electron chi connectivity index (χ3n) is 6.17. The minimum Gasteiger partial charge on any atom is -0.490 e. The molecular weight excluding hydrogens is 552 g/mol. The number of thiocarbonyl (C=S) groups is 1. The molecular formula is C30H29ClN2O4S2. The second-order valence-corrected chi connectivity index (χ2v) is 11.0. The molecule has 3 aromatic rings. The quantitative estimate of drug-likeness (QED) is 0.211. The summed E-state index contributed by atoms with van der Waals surface area (Å²) in [5.41, 5.74) is 5.48. The van der Waals surface area contributed by atoms with Gasteiger partial charge in [-0.15, -0.1) is 0 Å². The summed E-state index contributed by atoms with van der Waals surface area (Å²) in [5, 5.41) is 3.07. The Balaban J connectivity index is 1.51. The molecule has 1 heterocycles. The number of anilines is 2. The maximum absolute atomic E-state index is 13.3. The summed E-state index contributed by atoms with van der Waals surface area (Å²) in [7, 11) is 0. The summed E-state index contributed by atoms with van der Waals surface area (Å²) >= 11 is 13.3. The van der Waals surface area contributed by atoms with Crippen LogP contribution in [0.2, 0.25) is 5.02 Å². The number of benzene rings is 3. The minimum absolute atomic E-state index is 0.202. The Morgan fingerprint density at radius 3 is 2.46 bits per heavy atom. The first-order valence-electron chi connectivity index (χ1n) is 12.5. The highest BCUT2D eigenvalue weighted by molar-refractivity contribution is 8.27. The van der Waals surface area contributed by atoms with Crippen molar-refractivity contribution >= 4 is 69.2 Å². The topological polar surface area (TPSA) is 67.9 Å². The second kappa shape index (κ2) is 12.7. The number of nitrogens with one attached hydrogen (secondary N) is 1. The van der Waals surface area contributed by atoms with Crippen LogP contribution >= 0.6 is 35.6 Å². The molecule has 0 atom stereocenters. The number of halogens is 1. The average Bonchev–Trinajstić information content (AvgIpc) is 3.18. The van der Waals surface area contributed by atoms with Crippen LogP contribution in [0.5, 0.6) is 11.5 Å². The summed E-state index contributed by atoms with van der Waals surface area (Å²) in [5.74, 6) is 0.110. The molecule has 3 aromatic carbocycles. The number of nitrogens with zero attached hydrogens (tertiary/aromatic N) is 1. The minimum atomic E-state index is -0.322. The lowest BCUT2D eigenvalue weighted by Crippen LogP contribution is -2.27. The Labute approximate surface area is 243 Å². The van der Waals surface area contributed by atoms with Crippen molar-refractivity contribution in [3.63, 3.8) is 0 Å². The lowest BCUT2D eigenvalue weighted by atomic mass is 10.1. The van der Waals surface area contributed by atoms with Gasteiger partial charge in [0.15, 0.2) is 22.4 Å². The summed E-state index contributed by atoms with van der Waals surface area (Å²) in [6.07, 6.45) is 2.65. The molecule has 0 bridgehead atoms. The number of amides is 2. The van der Waals surface area contributed by atoms with Gasteiger partial charge in [-0.25, -0.2) is 0 Å².